The second kappa shape index (κ2) is 6.60. The van der Waals surface area contributed by atoms with Crippen molar-refractivity contribution < 1.29 is 23.1 Å². The molecule has 1 amide bonds. The maximum absolute atomic E-state index is 12.2. The van der Waals surface area contributed by atoms with Crippen molar-refractivity contribution in [3.05, 3.63) is 0 Å². The third-order valence-electron chi connectivity index (χ3n) is 4.24. The van der Waals surface area contributed by atoms with Crippen LogP contribution < -0.4 is 5.32 Å². The van der Waals surface area contributed by atoms with Crippen molar-refractivity contribution in [1.29, 1.82) is 0 Å². The fourth-order valence-electron chi connectivity index (χ4n) is 2.78. The molecule has 2 aliphatic heterocycles. The molecule has 0 spiro atoms. The Labute approximate surface area is 125 Å². The summed E-state index contributed by atoms with van der Waals surface area (Å²) in [5.41, 5.74) is -0.904. The van der Waals surface area contributed by atoms with E-state index < -0.39 is 15.6 Å². The van der Waals surface area contributed by atoms with Gasteiger partial charge in [-0.25, -0.2) is 12.7 Å². The first-order valence-corrected chi connectivity index (χ1v) is 9.18. The van der Waals surface area contributed by atoms with Crippen LogP contribution >= 0.6 is 0 Å². The molecule has 21 heavy (non-hydrogen) atoms. The van der Waals surface area contributed by atoms with Gasteiger partial charge in [0.25, 0.3) is 0 Å². The number of nitrogens with one attached hydrogen (secondary N) is 1. The van der Waals surface area contributed by atoms with E-state index in [1.54, 1.807) is 0 Å². The first kappa shape index (κ1) is 16.7. The molecule has 0 aromatic heterocycles. The van der Waals surface area contributed by atoms with Crippen molar-refractivity contribution in [2.75, 3.05) is 39.1 Å². The van der Waals surface area contributed by atoms with Crippen LogP contribution in [0.1, 0.15) is 25.7 Å². The van der Waals surface area contributed by atoms with Crippen molar-refractivity contribution >= 4 is 15.9 Å². The Kier molecular flexibility index (Phi) is 5.24. The zero-order valence-corrected chi connectivity index (χ0v) is 13.2. The standard InChI is InChI=1S/C13H24N2O5S/c1-21(18,19)15-6-2-3-11(9-15)12(16)14-10-13(17)4-7-20-8-5-13/h11,17H,2-10H2,1H3,(H,14,16). The van der Waals surface area contributed by atoms with Crippen LogP contribution in [0.5, 0.6) is 0 Å². The van der Waals surface area contributed by atoms with Gasteiger partial charge < -0.3 is 15.2 Å². The molecule has 0 saturated carbocycles. The second-order valence-corrected chi connectivity index (χ2v) is 8.00. The van der Waals surface area contributed by atoms with Gasteiger partial charge in [-0.1, -0.05) is 0 Å². The van der Waals surface area contributed by atoms with Crippen molar-refractivity contribution in [3.8, 4) is 0 Å². The molecular formula is C13H24N2O5S. The molecule has 0 radical (unpaired) electrons. The lowest BCUT2D eigenvalue weighted by Gasteiger charge is -2.34. The maximum atomic E-state index is 12.2. The van der Waals surface area contributed by atoms with E-state index in [0.717, 1.165) is 6.26 Å². The number of hydrogen-bond acceptors (Lipinski definition) is 5. The second-order valence-electron chi connectivity index (χ2n) is 6.01. The van der Waals surface area contributed by atoms with Gasteiger partial charge in [-0.15, -0.1) is 0 Å². The highest BCUT2D eigenvalue weighted by molar-refractivity contribution is 7.88. The highest BCUT2D eigenvalue weighted by Crippen LogP contribution is 2.21. The van der Waals surface area contributed by atoms with Crippen molar-refractivity contribution in [3.63, 3.8) is 0 Å². The molecule has 0 bridgehead atoms. The number of carbonyl (C=O) groups excluding carboxylic acids is 1. The van der Waals surface area contributed by atoms with E-state index in [1.807, 2.05) is 0 Å². The fourth-order valence-corrected chi connectivity index (χ4v) is 3.69. The number of amides is 1. The summed E-state index contributed by atoms with van der Waals surface area (Å²) in [6, 6.07) is 0. The predicted molar refractivity (Wildman–Crippen MR) is 77.2 cm³/mol. The van der Waals surface area contributed by atoms with Gasteiger partial charge >= 0.3 is 0 Å². The van der Waals surface area contributed by atoms with Crippen LogP contribution in [0.15, 0.2) is 0 Å². The Morgan fingerprint density at radius 1 is 1.43 bits per heavy atom. The Morgan fingerprint density at radius 3 is 2.71 bits per heavy atom. The molecule has 2 aliphatic rings. The van der Waals surface area contributed by atoms with Crippen molar-refractivity contribution in [1.82, 2.24) is 9.62 Å². The van der Waals surface area contributed by atoms with Crippen LogP contribution in [-0.2, 0) is 19.6 Å². The van der Waals surface area contributed by atoms with Gasteiger partial charge in [0.15, 0.2) is 0 Å². The van der Waals surface area contributed by atoms with E-state index in [4.69, 9.17) is 4.74 Å². The molecule has 0 aromatic rings. The number of sulfonamides is 1. The summed E-state index contributed by atoms with van der Waals surface area (Å²) in [6.07, 6.45) is 3.54. The van der Waals surface area contributed by atoms with Crippen LogP contribution in [-0.4, -0.2) is 68.4 Å². The third kappa shape index (κ3) is 4.64. The minimum absolute atomic E-state index is 0.178. The van der Waals surface area contributed by atoms with E-state index in [1.165, 1.54) is 4.31 Å². The number of aliphatic hydroxyl groups is 1. The molecule has 122 valence electrons. The quantitative estimate of drug-likeness (QED) is 0.715. The van der Waals surface area contributed by atoms with E-state index in [2.05, 4.69) is 5.32 Å². The smallest absolute Gasteiger partial charge is 0.224 e. The number of hydrogen-bond donors (Lipinski definition) is 2. The van der Waals surface area contributed by atoms with Crippen LogP contribution in [0.25, 0.3) is 0 Å². The summed E-state index contributed by atoms with van der Waals surface area (Å²) in [5.74, 6) is -0.514. The van der Waals surface area contributed by atoms with Crippen LogP contribution in [0.2, 0.25) is 0 Å². The van der Waals surface area contributed by atoms with Gasteiger partial charge in [0.05, 0.1) is 17.8 Å². The number of rotatable bonds is 4. The fraction of sp³-hybridized carbons (Fsp3) is 0.923. The molecule has 1 atom stereocenters. The van der Waals surface area contributed by atoms with Crippen molar-refractivity contribution in [2.24, 2.45) is 5.92 Å². The highest BCUT2D eigenvalue weighted by Gasteiger charge is 2.33. The zero-order chi connectivity index (χ0) is 15.5. The number of ether oxygens (including phenoxy) is 1. The van der Waals surface area contributed by atoms with Crippen LogP contribution in [0.4, 0.5) is 0 Å². The monoisotopic (exact) mass is 320 g/mol. The molecule has 2 saturated heterocycles. The minimum atomic E-state index is -3.25. The minimum Gasteiger partial charge on any atom is -0.388 e. The summed E-state index contributed by atoms with van der Waals surface area (Å²) >= 11 is 0. The largest absolute Gasteiger partial charge is 0.388 e. The lowest BCUT2D eigenvalue weighted by Crippen LogP contribution is -2.50. The Morgan fingerprint density at radius 2 is 2.10 bits per heavy atom. The van der Waals surface area contributed by atoms with E-state index in [0.29, 0.717) is 45.4 Å². The maximum Gasteiger partial charge on any atom is 0.224 e. The van der Waals surface area contributed by atoms with E-state index in [9.17, 15) is 18.3 Å². The number of piperidine rings is 1. The first-order chi connectivity index (χ1) is 9.80. The average molecular weight is 320 g/mol. The molecular weight excluding hydrogens is 296 g/mol. The molecule has 8 heteroatoms. The first-order valence-electron chi connectivity index (χ1n) is 7.33. The lowest BCUT2D eigenvalue weighted by atomic mass is 9.93. The normalized spacial score (nSPS) is 27.2. The topological polar surface area (TPSA) is 95.9 Å². The lowest BCUT2D eigenvalue weighted by molar-refractivity contribution is -0.128. The van der Waals surface area contributed by atoms with Gasteiger partial charge in [0, 0.05) is 45.7 Å². The summed E-state index contributed by atoms with van der Waals surface area (Å²) < 4.78 is 29.6. The van der Waals surface area contributed by atoms with E-state index in [-0.39, 0.29) is 24.9 Å². The molecule has 2 rings (SSSR count). The Hall–Kier alpha value is -0.700. The molecule has 7 nitrogen and oxygen atoms in total. The SMILES string of the molecule is CS(=O)(=O)N1CCCC(C(=O)NCC2(O)CCOCC2)C1. The van der Waals surface area contributed by atoms with Crippen molar-refractivity contribution in [2.45, 2.75) is 31.3 Å². The average Bonchev–Trinajstić information content (AvgIpc) is 2.45. The van der Waals surface area contributed by atoms with Gasteiger partial charge in [-0.2, -0.15) is 0 Å². The molecule has 2 heterocycles. The number of nitrogens with zero attached hydrogens (tertiary/aromatic N) is 1. The van der Waals surface area contributed by atoms with Crippen LogP contribution in [0.3, 0.4) is 0 Å². The number of carbonyl (C=O) groups is 1. The molecule has 0 aromatic carbocycles. The summed E-state index contributed by atoms with van der Waals surface area (Å²) in [6.45, 7) is 1.90. The summed E-state index contributed by atoms with van der Waals surface area (Å²) in [7, 11) is -3.25. The summed E-state index contributed by atoms with van der Waals surface area (Å²) in [5, 5.41) is 13.1. The van der Waals surface area contributed by atoms with Gasteiger partial charge in [0.1, 0.15) is 0 Å². The molecule has 2 fully saturated rings. The Bertz CT molecular complexity index is 473. The predicted octanol–water partition coefficient (Wildman–Crippen LogP) is -0.684. The summed E-state index contributed by atoms with van der Waals surface area (Å²) in [4.78, 5) is 12.2. The van der Waals surface area contributed by atoms with E-state index >= 15 is 0 Å². The zero-order valence-electron chi connectivity index (χ0n) is 12.4. The van der Waals surface area contributed by atoms with Gasteiger partial charge in [0.2, 0.25) is 15.9 Å². The highest BCUT2D eigenvalue weighted by atomic mass is 32.2. The van der Waals surface area contributed by atoms with Crippen LogP contribution in [0, 0.1) is 5.92 Å². The molecule has 0 aliphatic carbocycles. The molecule has 1 unspecified atom stereocenters. The third-order valence-corrected chi connectivity index (χ3v) is 5.51. The molecule has 2 N–H and O–H groups in total. The Balaban J connectivity index is 1.85. The van der Waals surface area contributed by atoms with Gasteiger partial charge in [-0.05, 0) is 12.8 Å². The van der Waals surface area contributed by atoms with Gasteiger partial charge in [-0.3, -0.25) is 4.79 Å².